The summed E-state index contributed by atoms with van der Waals surface area (Å²) in [6.45, 7) is 12.1. The molecule has 0 spiro atoms. The van der Waals surface area contributed by atoms with Crippen molar-refractivity contribution >= 4 is 27.3 Å². The van der Waals surface area contributed by atoms with Crippen LogP contribution in [0.4, 0.5) is 4.39 Å². The minimum Gasteiger partial charge on any atom is -0.494 e. The van der Waals surface area contributed by atoms with Gasteiger partial charge in [-0.25, -0.2) is 9.37 Å². The zero-order valence-electron chi connectivity index (χ0n) is 27.3. The first kappa shape index (κ1) is 31.5. The maximum Gasteiger partial charge on any atom is 0.246 e. The molecule has 244 valence electrons. The molecular weight excluding hydrogens is 614 g/mol. The van der Waals surface area contributed by atoms with Gasteiger partial charge in [-0.2, -0.15) is 5.10 Å². The number of allylic oxidation sites excluding steroid dienone is 3. The molecule has 3 aliphatic rings. The largest absolute Gasteiger partial charge is 0.494 e. The molecule has 8 nitrogen and oxygen atoms in total. The SMILES string of the molecule is C=CC(=O)N1CCn2nc(-c3nc(-c4ccc5c(c4)CCN(C)CC5)c4ccsc4c3C3C=C(F)C=C3OCC(C)(C)O)cc2C1C. The maximum absolute atomic E-state index is 15.1. The van der Waals surface area contributed by atoms with Gasteiger partial charge in [-0.05, 0) is 87.5 Å². The number of hydrogen-bond acceptors (Lipinski definition) is 7. The number of pyridine rings is 1. The highest BCUT2D eigenvalue weighted by atomic mass is 32.1. The van der Waals surface area contributed by atoms with E-state index in [0.717, 1.165) is 58.5 Å². The molecule has 7 rings (SSSR count). The second-order valence-corrected chi connectivity index (χ2v) is 14.4. The summed E-state index contributed by atoms with van der Waals surface area (Å²) in [7, 11) is 2.17. The molecule has 4 aromatic rings. The topological polar surface area (TPSA) is 83.7 Å². The fourth-order valence-corrected chi connectivity index (χ4v) is 7.88. The molecule has 3 aromatic heterocycles. The van der Waals surface area contributed by atoms with Gasteiger partial charge in [-0.15, -0.1) is 11.3 Å². The molecule has 47 heavy (non-hydrogen) atoms. The van der Waals surface area contributed by atoms with Crippen LogP contribution >= 0.6 is 11.3 Å². The third kappa shape index (κ3) is 5.94. The Labute approximate surface area is 278 Å². The number of aliphatic hydroxyl groups is 1. The number of carbonyl (C=O) groups excluding carboxylic acids is 1. The highest BCUT2D eigenvalue weighted by Gasteiger charge is 2.34. The lowest BCUT2D eigenvalue weighted by Crippen LogP contribution is -2.40. The Kier molecular flexibility index (Phi) is 8.14. The molecular formula is C37H40FN5O3S. The number of fused-ring (bicyclic) bond motifs is 3. The van der Waals surface area contributed by atoms with Crippen LogP contribution in [0.3, 0.4) is 0 Å². The van der Waals surface area contributed by atoms with Gasteiger partial charge in [0.25, 0.3) is 0 Å². The number of benzene rings is 1. The molecule has 1 N–H and O–H groups in total. The van der Waals surface area contributed by atoms with Crippen LogP contribution in [0.15, 0.2) is 72.1 Å². The van der Waals surface area contributed by atoms with Crippen molar-refractivity contribution in [3.8, 4) is 22.6 Å². The van der Waals surface area contributed by atoms with Gasteiger partial charge in [0.15, 0.2) is 0 Å². The molecule has 1 aromatic carbocycles. The van der Waals surface area contributed by atoms with Crippen LogP contribution < -0.4 is 0 Å². The van der Waals surface area contributed by atoms with E-state index in [9.17, 15) is 9.90 Å². The van der Waals surface area contributed by atoms with E-state index in [-0.39, 0.29) is 18.6 Å². The summed E-state index contributed by atoms with van der Waals surface area (Å²) < 4.78 is 24.1. The van der Waals surface area contributed by atoms with E-state index in [2.05, 4.69) is 48.2 Å². The Morgan fingerprint density at radius 2 is 1.94 bits per heavy atom. The van der Waals surface area contributed by atoms with E-state index in [0.29, 0.717) is 30.2 Å². The number of halogens is 1. The first-order valence-corrected chi connectivity index (χ1v) is 17.1. The van der Waals surface area contributed by atoms with Crippen molar-refractivity contribution in [2.24, 2.45) is 0 Å². The van der Waals surface area contributed by atoms with Gasteiger partial charge in [0.05, 0.1) is 41.2 Å². The van der Waals surface area contributed by atoms with Gasteiger partial charge < -0.3 is 19.6 Å². The number of rotatable bonds is 7. The van der Waals surface area contributed by atoms with E-state index >= 15 is 4.39 Å². The van der Waals surface area contributed by atoms with Crippen LogP contribution in [-0.2, 0) is 28.9 Å². The van der Waals surface area contributed by atoms with Crippen LogP contribution in [0.5, 0.6) is 0 Å². The van der Waals surface area contributed by atoms with Crippen LogP contribution in [0, 0.1) is 0 Å². The number of thiophene rings is 1. The second kappa shape index (κ2) is 12.2. The molecule has 1 amide bonds. The quantitative estimate of drug-likeness (QED) is 0.227. The van der Waals surface area contributed by atoms with Gasteiger partial charge in [0, 0.05) is 46.9 Å². The van der Waals surface area contributed by atoms with Crippen molar-refractivity contribution in [2.75, 3.05) is 33.3 Å². The number of amides is 1. The van der Waals surface area contributed by atoms with Crippen LogP contribution in [0.2, 0.25) is 0 Å². The molecule has 2 aliphatic heterocycles. The first-order chi connectivity index (χ1) is 22.5. The molecule has 0 saturated heterocycles. The van der Waals surface area contributed by atoms with Gasteiger partial charge in [0.2, 0.25) is 5.91 Å². The molecule has 0 bridgehead atoms. The predicted octanol–water partition coefficient (Wildman–Crippen LogP) is 6.57. The molecule has 0 fully saturated rings. The smallest absolute Gasteiger partial charge is 0.246 e. The lowest BCUT2D eigenvalue weighted by Gasteiger charge is -2.33. The van der Waals surface area contributed by atoms with Gasteiger partial charge in [-0.3, -0.25) is 9.48 Å². The molecule has 2 atom stereocenters. The number of ether oxygens (including phenoxy) is 1. The summed E-state index contributed by atoms with van der Waals surface area (Å²) in [5.41, 5.74) is 6.52. The minimum atomic E-state index is -1.10. The van der Waals surface area contributed by atoms with Gasteiger partial charge in [-0.1, -0.05) is 18.7 Å². The number of nitrogens with zero attached hydrogens (tertiary/aromatic N) is 5. The van der Waals surface area contributed by atoms with E-state index in [4.69, 9.17) is 14.8 Å². The zero-order valence-corrected chi connectivity index (χ0v) is 28.1. The van der Waals surface area contributed by atoms with E-state index < -0.39 is 17.3 Å². The Morgan fingerprint density at radius 3 is 2.70 bits per heavy atom. The van der Waals surface area contributed by atoms with Crippen molar-refractivity contribution in [1.29, 1.82) is 0 Å². The summed E-state index contributed by atoms with van der Waals surface area (Å²) >= 11 is 1.59. The standard InChI is InChI=1S/C37H40FN5O3S/c1-6-32(44)42-14-15-43-30(22(42)2)20-29(40-43)35-33(28-18-26(38)19-31(28)46-21-37(3,4)45)36-27(11-16-47-36)34(39-35)25-8-7-23-9-12-41(5)13-10-24(23)17-25/h6-8,11,16-20,22,28,45H,1,9-10,12-15,21H2,2-5H3. The number of carbonyl (C=O) groups is 1. The maximum atomic E-state index is 15.1. The summed E-state index contributed by atoms with van der Waals surface area (Å²) in [5, 5.41) is 18.5. The molecule has 0 radical (unpaired) electrons. The van der Waals surface area contributed by atoms with Crippen LogP contribution in [-0.4, -0.2) is 74.5 Å². The zero-order chi connectivity index (χ0) is 33.0. The highest BCUT2D eigenvalue weighted by molar-refractivity contribution is 7.17. The van der Waals surface area contributed by atoms with E-state index in [1.165, 1.54) is 23.3 Å². The fourth-order valence-electron chi connectivity index (χ4n) is 6.90. The molecule has 10 heteroatoms. The molecule has 1 aliphatic carbocycles. The highest BCUT2D eigenvalue weighted by Crippen LogP contribution is 2.47. The summed E-state index contributed by atoms with van der Waals surface area (Å²) in [6.07, 6.45) is 6.29. The Morgan fingerprint density at radius 1 is 1.15 bits per heavy atom. The summed E-state index contributed by atoms with van der Waals surface area (Å²) in [4.78, 5) is 22.2. The van der Waals surface area contributed by atoms with Crippen molar-refractivity contribution < 1.29 is 19.0 Å². The number of likely N-dealkylation sites (N-methyl/N-ethyl adjacent to an activating group) is 1. The van der Waals surface area contributed by atoms with Crippen molar-refractivity contribution in [3.05, 3.63) is 94.5 Å². The molecule has 5 heterocycles. The van der Waals surface area contributed by atoms with E-state index in [1.54, 1.807) is 36.2 Å². The van der Waals surface area contributed by atoms with E-state index in [1.807, 2.05) is 17.7 Å². The lowest BCUT2D eigenvalue weighted by atomic mass is 9.92. The first-order valence-electron chi connectivity index (χ1n) is 16.2. The number of aromatic nitrogens is 3. The predicted molar refractivity (Wildman–Crippen MR) is 184 cm³/mol. The summed E-state index contributed by atoms with van der Waals surface area (Å²) in [6, 6.07) is 10.6. The van der Waals surface area contributed by atoms with Gasteiger partial charge in [0.1, 0.15) is 23.9 Å². The minimum absolute atomic E-state index is 0.0126. The average molecular weight is 654 g/mol. The molecule has 0 saturated carbocycles. The summed E-state index contributed by atoms with van der Waals surface area (Å²) in [5.74, 6) is -0.656. The average Bonchev–Trinajstić information content (AvgIpc) is 3.76. The van der Waals surface area contributed by atoms with Crippen molar-refractivity contribution in [1.82, 2.24) is 24.6 Å². The number of hydrogen-bond donors (Lipinski definition) is 1. The van der Waals surface area contributed by atoms with Crippen molar-refractivity contribution in [3.63, 3.8) is 0 Å². The van der Waals surface area contributed by atoms with Gasteiger partial charge >= 0.3 is 0 Å². The molecule has 2 unspecified atom stereocenters. The Bertz CT molecular complexity index is 1950. The second-order valence-electron chi connectivity index (χ2n) is 13.4. The fraction of sp³-hybridized carbons (Fsp3) is 0.378. The van der Waals surface area contributed by atoms with Crippen molar-refractivity contribution in [2.45, 2.75) is 57.7 Å². The third-order valence-electron chi connectivity index (χ3n) is 9.42. The Balaban J connectivity index is 1.41. The van der Waals surface area contributed by atoms with Crippen LogP contribution in [0.25, 0.3) is 32.7 Å². The Hall–Kier alpha value is -4.12. The monoisotopic (exact) mass is 653 g/mol. The lowest BCUT2D eigenvalue weighted by molar-refractivity contribution is -0.129. The van der Waals surface area contributed by atoms with Crippen LogP contribution in [0.1, 0.15) is 55.1 Å². The normalized spacial score (nSPS) is 20.0. The third-order valence-corrected chi connectivity index (χ3v) is 10.4.